The largest absolute Gasteiger partial charge is 0.368 e. The first-order valence-corrected chi connectivity index (χ1v) is 6.88. The summed E-state index contributed by atoms with van der Waals surface area (Å²) in [6.07, 6.45) is 1.56. The van der Waals surface area contributed by atoms with Crippen LogP contribution in [0.4, 0.5) is 0 Å². The average Bonchev–Trinajstić information content (AvgIpc) is 2.74. The Morgan fingerprint density at radius 2 is 2.15 bits per heavy atom. The monoisotopic (exact) mass is 274 g/mol. The molecule has 20 heavy (non-hydrogen) atoms. The number of aryl methyl sites for hydroxylation is 2. The fourth-order valence-corrected chi connectivity index (χ4v) is 2.44. The molecule has 3 N–H and O–H groups in total. The summed E-state index contributed by atoms with van der Waals surface area (Å²) in [5, 5.41) is 3.01. The van der Waals surface area contributed by atoms with Gasteiger partial charge in [0.1, 0.15) is 5.82 Å². The van der Waals surface area contributed by atoms with Crippen LogP contribution in [-0.2, 0) is 11.3 Å². The lowest BCUT2D eigenvalue weighted by molar-refractivity contribution is -0.123. The van der Waals surface area contributed by atoms with Gasteiger partial charge in [-0.25, -0.2) is 4.98 Å². The second-order valence-corrected chi connectivity index (χ2v) is 5.35. The molecule has 0 saturated carbocycles. The van der Waals surface area contributed by atoms with E-state index in [1.807, 2.05) is 32.0 Å². The highest BCUT2D eigenvalue weighted by atomic mass is 16.1. The highest BCUT2D eigenvalue weighted by Gasteiger charge is 2.28. The van der Waals surface area contributed by atoms with Gasteiger partial charge in [-0.15, -0.1) is 0 Å². The summed E-state index contributed by atoms with van der Waals surface area (Å²) in [6.45, 7) is 4.68. The number of nitrogens with one attached hydrogen (secondary N) is 1. The summed E-state index contributed by atoms with van der Waals surface area (Å²) in [5.74, 6) is 0.684. The van der Waals surface area contributed by atoms with Gasteiger partial charge in [-0.3, -0.25) is 4.79 Å². The Balaban J connectivity index is 2.10. The first-order valence-electron chi connectivity index (χ1n) is 6.88. The van der Waals surface area contributed by atoms with Gasteiger partial charge in [0.25, 0.3) is 0 Å². The topological polar surface area (TPSA) is 72.9 Å². The van der Waals surface area contributed by atoms with E-state index in [4.69, 9.17) is 5.73 Å². The Labute approximate surface area is 119 Å². The lowest BCUT2D eigenvalue weighted by Crippen LogP contribution is -2.51. The normalized spacial score (nSPS) is 14.3. The maximum absolute atomic E-state index is 11.5. The number of rotatable bonds is 6. The van der Waals surface area contributed by atoms with Crippen LogP contribution in [0.1, 0.15) is 25.6 Å². The van der Waals surface area contributed by atoms with Gasteiger partial charge in [0.05, 0.1) is 16.6 Å². The van der Waals surface area contributed by atoms with Crippen LogP contribution in [0.15, 0.2) is 24.3 Å². The van der Waals surface area contributed by atoms with Crippen molar-refractivity contribution in [2.75, 3.05) is 7.05 Å². The van der Waals surface area contributed by atoms with Crippen LogP contribution in [0, 0.1) is 6.92 Å². The minimum Gasteiger partial charge on any atom is -0.368 e. The lowest BCUT2D eigenvalue weighted by Gasteiger charge is -2.25. The highest BCUT2D eigenvalue weighted by Crippen LogP contribution is 2.18. The van der Waals surface area contributed by atoms with Gasteiger partial charge in [0.2, 0.25) is 5.91 Å². The molecule has 1 aromatic heterocycles. The molecule has 0 radical (unpaired) electrons. The van der Waals surface area contributed by atoms with Crippen LogP contribution in [0.3, 0.4) is 0 Å². The summed E-state index contributed by atoms with van der Waals surface area (Å²) in [4.78, 5) is 16.0. The van der Waals surface area contributed by atoms with Crippen molar-refractivity contribution >= 4 is 16.9 Å². The van der Waals surface area contributed by atoms with Crippen molar-refractivity contribution in [3.63, 3.8) is 0 Å². The fraction of sp³-hybridized carbons (Fsp3) is 0.467. The second kappa shape index (κ2) is 5.63. The zero-order valence-corrected chi connectivity index (χ0v) is 12.3. The molecule has 0 aliphatic rings. The zero-order valence-electron chi connectivity index (χ0n) is 12.3. The maximum Gasteiger partial charge on any atom is 0.237 e. The molecule has 0 spiro atoms. The quantitative estimate of drug-likeness (QED) is 0.840. The first-order chi connectivity index (χ1) is 9.48. The molecule has 1 aromatic carbocycles. The molecule has 2 aromatic rings. The molecule has 0 saturated heterocycles. The first kappa shape index (κ1) is 14.5. The Kier molecular flexibility index (Phi) is 4.09. The molecule has 1 unspecified atom stereocenters. The van der Waals surface area contributed by atoms with Crippen molar-refractivity contribution in [2.24, 2.45) is 5.73 Å². The number of aromatic nitrogens is 2. The molecule has 108 valence electrons. The smallest absolute Gasteiger partial charge is 0.237 e. The van der Waals surface area contributed by atoms with E-state index >= 15 is 0 Å². The minimum atomic E-state index is -0.649. The lowest BCUT2D eigenvalue weighted by atomic mass is 9.95. The summed E-state index contributed by atoms with van der Waals surface area (Å²) in [6, 6.07) is 8.09. The Morgan fingerprint density at radius 3 is 2.80 bits per heavy atom. The summed E-state index contributed by atoms with van der Waals surface area (Å²) >= 11 is 0. The minimum absolute atomic E-state index is 0.313. The number of carbonyl (C=O) groups excluding carboxylic acids is 1. The number of likely N-dealkylation sites (N-methyl/N-ethyl adjacent to an activating group) is 1. The van der Waals surface area contributed by atoms with Gasteiger partial charge >= 0.3 is 0 Å². The predicted molar refractivity (Wildman–Crippen MR) is 80.4 cm³/mol. The average molecular weight is 274 g/mol. The second-order valence-electron chi connectivity index (χ2n) is 5.35. The van der Waals surface area contributed by atoms with Gasteiger partial charge in [0, 0.05) is 6.54 Å². The highest BCUT2D eigenvalue weighted by molar-refractivity contribution is 5.84. The standard InChI is InChI=1S/C15H22N4O/c1-11-18-12-7-4-5-8-13(12)19(11)10-6-9-15(2,17-3)14(16)20/h4-5,7-8,17H,6,9-10H2,1-3H3,(H2,16,20). The van der Waals surface area contributed by atoms with E-state index in [-0.39, 0.29) is 5.91 Å². The molecule has 5 nitrogen and oxygen atoms in total. The van der Waals surface area contributed by atoms with Crippen LogP contribution in [-0.4, -0.2) is 28.0 Å². The van der Waals surface area contributed by atoms with E-state index in [2.05, 4.69) is 20.9 Å². The van der Waals surface area contributed by atoms with Crippen molar-refractivity contribution < 1.29 is 4.79 Å². The number of amides is 1. The Bertz CT molecular complexity index is 619. The SMILES string of the molecule is CNC(C)(CCCn1c(C)nc2ccccc21)C(N)=O. The van der Waals surface area contributed by atoms with Crippen LogP contribution in [0.25, 0.3) is 11.0 Å². The number of primary amides is 1. The Hall–Kier alpha value is -1.88. The van der Waals surface area contributed by atoms with E-state index in [9.17, 15) is 4.79 Å². The summed E-state index contributed by atoms with van der Waals surface area (Å²) in [7, 11) is 1.77. The van der Waals surface area contributed by atoms with Crippen LogP contribution >= 0.6 is 0 Å². The van der Waals surface area contributed by atoms with Crippen molar-refractivity contribution in [3.05, 3.63) is 30.1 Å². The van der Waals surface area contributed by atoms with Gasteiger partial charge < -0.3 is 15.6 Å². The van der Waals surface area contributed by atoms with Crippen molar-refractivity contribution in [2.45, 2.75) is 38.8 Å². The fourth-order valence-electron chi connectivity index (χ4n) is 2.44. The van der Waals surface area contributed by atoms with E-state index in [1.54, 1.807) is 7.05 Å². The van der Waals surface area contributed by atoms with Gasteiger partial charge in [-0.05, 0) is 45.9 Å². The summed E-state index contributed by atoms with van der Waals surface area (Å²) < 4.78 is 2.19. The number of fused-ring (bicyclic) bond motifs is 1. The molecular formula is C15H22N4O. The molecule has 2 rings (SSSR count). The van der Waals surface area contributed by atoms with Crippen LogP contribution in [0.5, 0.6) is 0 Å². The summed E-state index contributed by atoms with van der Waals surface area (Å²) in [5.41, 5.74) is 6.94. The number of carbonyl (C=O) groups is 1. The number of para-hydroxylation sites is 2. The Morgan fingerprint density at radius 1 is 1.45 bits per heavy atom. The van der Waals surface area contributed by atoms with Crippen LogP contribution < -0.4 is 11.1 Å². The number of hydrogen-bond donors (Lipinski definition) is 2. The molecule has 0 aliphatic carbocycles. The number of imidazole rings is 1. The molecule has 1 heterocycles. The number of nitrogens with two attached hydrogens (primary N) is 1. The number of benzene rings is 1. The molecule has 0 fully saturated rings. The molecule has 0 bridgehead atoms. The van der Waals surface area contributed by atoms with E-state index < -0.39 is 5.54 Å². The van der Waals surface area contributed by atoms with Crippen LogP contribution in [0.2, 0.25) is 0 Å². The molecule has 5 heteroatoms. The van der Waals surface area contributed by atoms with Crippen molar-refractivity contribution in [1.82, 2.24) is 14.9 Å². The van der Waals surface area contributed by atoms with Gasteiger partial charge in [0.15, 0.2) is 0 Å². The van der Waals surface area contributed by atoms with E-state index in [1.165, 1.54) is 0 Å². The van der Waals surface area contributed by atoms with Crippen molar-refractivity contribution in [3.8, 4) is 0 Å². The maximum atomic E-state index is 11.5. The molecule has 1 atom stereocenters. The van der Waals surface area contributed by atoms with Gasteiger partial charge in [-0.1, -0.05) is 12.1 Å². The van der Waals surface area contributed by atoms with Gasteiger partial charge in [-0.2, -0.15) is 0 Å². The number of nitrogens with zero attached hydrogens (tertiary/aromatic N) is 2. The third kappa shape index (κ3) is 2.67. The molecular weight excluding hydrogens is 252 g/mol. The van der Waals surface area contributed by atoms with E-state index in [0.29, 0.717) is 6.42 Å². The predicted octanol–water partition coefficient (Wildman–Crippen LogP) is 1.59. The zero-order chi connectivity index (χ0) is 14.8. The molecule has 1 amide bonds. The van der Waals surface area contributed by atoms with Crippen molar-refractivity contribution in [1.29, 1.82) is 0 Å². The van der Waals surface area contributed by atoms with E-state index in [0.717, 1.165) is 29.8 Å². The third-order valence-corrected chi connectivity index (χ3v) is 4.00. The number of hydrogen-bond acceptors (Lipinski definition) is 3. The molecule has 0 aliphatic heterocycles. The third-order valence-electron chi connectivity index (χ3n) is 4.00.